The molecule has 1 aliphatic carbocycles. The van der Waals surface area contributed by atoms with Crippen LogP contribution in [0.2, 0.25) is 18.6 Å². The molecule has 1 aliphatic rings. The molecule has 0 radical (unpaired) electrons. The third-order valence-corrected chi connectivity index (χ3v) is 5.75. The molecule has 74 valence electrons. The van der Waals surface area contributed by atoms with Crippen LogP contribution in [0, 0.1) is 0 Å². The van der Waals surface area contributed by atoms with Crippen molar-refractivity contribution in [3.8, 4) is 0 Å². The van der Waals surface area contributed by atoms with Crippen molar-refractivity contribution >= 4 is 8.24 Å². The summed E-state index contributed by atoms with van der Waals surface area (Å²) in [6.07, 6.45) is 8.91. The molecule has 0 bridgehead atoms. The molecular formula is C10H20N2Si. The predicted molar refractivity (Wildman–Crippen MR) is 61.4 cm³/mol. The lowest BCUT2D eigenvalue weighted by Gasteiger charge is -2.28. The second-order valence-electron chi connectivity index (χ2n) is 4.05. The minimum atomic E-state index is -1.27. The number of likely N-dealkylation sites (N-methyl/N-ethyl adjacent to an activating group) is 1. The third-order valence-electron chi connectivity index (χ3n) is 2.54. The van der Waals surface area contributed by atoms with Gasteiger partial charge in [0.25, 0.3) is 0 Å². The van der Waals surface area contributed by atoms with Crippen LogP contribution in [0.15, 0.2) is 24.3 Å². The predicted octanol–water partition coefficient (Wildman–Crippen LogP) is 1.50. The molecule has 3 heteroatoms. The highest BCUT2D eigenvalue weighted by Crippen LogP contribution is 2.25. The van der Waals surface area contributed by atoms with Crippen molar-refractivity contribution in [1.82, 2.24) is 10.3 Å². The van der Waals surface area contributed by atoms with E-state index in [1.165, 1.54) is 0 Å². The first-order valence-corrected chi connectivity index (χ1v) is 7.99. The van der Waals surface area contributed by atoms with Gasteiger partial charge in [0.15, 0.2) is 0 Å². The topological polar surface area (TPSA) is 24.1 Å². The van der Waals surface area contributed by atoms with Gasteiger partial charge in [0.1, 0.15) is 8.24 Å². The van der Waals surface area contributed by atoms with Gasteiger partial charge in [-0.05, 0) is 7.05 Å². The van der Waals surface area contributed by atoms with Crippen LogP contribution in [-0.4, -0.2) is 28.4 Å². The molecule has 0 aromatic carbocycles. The zero-order chi connectivity index (χ0) is 9.73. The van der Waals surface area contributed by atoms with E-state index in [4.69, 9.17) is 0 Å². The van der Waals surface area contributed by atoms with Gasteiger partial charge in [-0.1, -0.05) is 37.4 Å². The maximum atomic E-state index is 3.68. The highest BCUT2D eigenvalue weighted by molar-refractivity contribution is 6.77. The Balaban J connectivity index is 2.36. The molecule has 0 aliphatic heterocycles. The van der Waals surface area contributed by atoms with Gasteiger partial charge in [-0.15, -0.1) is 0 Å². The van der Waals surface area contributed by atoms with Gasteiger partial charge in [-0.25, -0.2) is 0 Å². The van der Waals surface area contributed by atoms with Crippen LogP contribution in [0.1, 0.15) is 0 Å². The van der Waals surface area contributed by atoms with Crippen molar-refractivity contribution in [2.24, 2.45) is 0 Å². The summed E-state index contributed by atoms with van der Waals surface area (Å²) in [6.45, 7) is 6.89. The minimum absolute atomic E-state index is 0.671. The summed E-state index contributed by atoms with van der Waals surface area (Å²) in [7, 11) is 0.721. The summed E-state index contributed by atoms with van der Waals surface area (Å²) in [6, 6.07) is 0. The summed E-state index contributed by atoms with van der Waals surface area (Å²) in [5, 5.41) is 3.15. The SMILES string of the molecule is CNCCN[Si](C)(C)C1C=CC=C1. The third kappa shape index (κ3) is 3.10. The molecule has 0 spiro atoms. The highest BCUT2D eigenvalue weighted by atomic mass is 28.3. The Morgan fingerprint density at radius 2 is 1.77 bits per heavy atom. The molecule has 1 rings (SSSR count). The van der Waals surface area contributed by atoms with E-state index < -0.39 is 8.24 Å². The second kappa shape index (κ2) is 4.74. The lowest BCUT2D eigenvalue weighted by molar-refractivity contribution is 0.753. The zero-order valence-electron chi connectivity index (χ0n) is 8.80. The summed E-state index contributed by atoms with van der Waals surface area (Å²) >= 11 is 0. The van der Waals surface area contributed by atoms with Crippen molar-refractivity contribution in [2.75, 3.05) is 20.1 Å². The average molecular weight is 196 g/mol. The molecule has 2 N–H and O–H groups in total. The number of allylic oxidation sites excluding steroid dienone is 4. The van der Waals surface area contributed by atoms with Crippen LogP contribution < -0.4 is 10.3 Å². The van der Waals surface area contributed by atoms with Crippen molar-refractivity contribution < 1.29 is 0 Å². The molecule has 0 atom stereocenters. The standard InChI is InChI=1S/C10H20N2Si/c1-11-8-9-12-13(2,3)10-6-4-5-7-10/h4-7,10-12H,8-9H2,1-3H3. The van der Waals surface area contributed by atoms with E-state index in [-0.39, 0.29) is 0 Å². The van der Waals surface area contributed by atoms with Crippen molar-refractivity contribution in [2.45, 2.75) is 18.6 Å². The Kier molecular flexibility index (Phi) is 3.90. The van der Waals surface area contributed by atoms with Crippen LogP contribution in [0.25, 0.3) is 0 Å². The Hall–Kier alpha value is -0.383. The summed E-state index contributed by atoms with van der Waals surface area (Å²) < 4.78 is 0. The zero-order valence-corrected chi connectivity index (χ0v) is 9.80. The van der Waals surface area contributed by atoms with Crippen molar-refractivity contribution in [1.29, 1.82) is 0 Å². The summed E-state index contributed by atoms with van der Waals surface area (Å²) in [4.78, 5) is 3.68. The fourth-order valence-corrected chi connectivity index (χ4v) is 3.73. The summed E-state index contributed by atoms with van der Waals surface area (Å²) in [5.41, 5.74) is 0.671. The molecule has 0 saturated carbocycles. The molecule has 0 aromatic heterocycles. The van der Waals surface area contributed by atoms with Gasteiger partial charge in [-0.2, -0.15) is 0 Å². The van der Waals surface area contributed by atoms with Crippen LogP contribution in [0.5, 0.6) is 0 Å². The van der Waals surface area contributed by atoms with Gasteiger partial charge in [0, 0.05) is 18.6 Å². The minimum Gasteiger partial charge on any atom is -0.336 e. The largest absolute Gasteiger partial charge is 0.336 e. The smallest absolute Gasteiger partial charge is 0.130 e. The van der Waals surface area contributed by atoms with E-state index >= 15 is 0 Å². The normalized spacial score (nSPS) is 17.2. The summed E-state index contributed by atoms with van der Waals surface area (Å²) in [5.74, 6) is 0. The van der Waals surface area contributed by atoms with Crippen molar-refractivity contribution in [3.63, 3.8) is 0 Å². The average Bonchev–Trinajstić information content (AvgIpc) is 2.56. The number of nitrogens with one attached hydrogen (secondary N) is 2. The first kappa shape index (κ1) is 10.7. The molecule has 0 heterocycles. The van der Waals surface area contributed by atoms with Crippen molar-refractivity contribution in [3.05, 3.63) is 24.3 Å². The number of hydrogen-bond acceptors (Lipinski definition) is 2. The van der Waals surface area contributed by atoms with Gasteiger partial charge in [0.2, 0.25) is 0 Å². The lowest BCUT2D eigenvalue weighted by atomic mass is 10.5. The quantitative estimate of drug-likeness (QED) is 0.514. The molecule has 13 heavy (non-hydrogen) atoms. The number of rotatable bonds is 5. The fourth-order valence-electron chi connectivity index (χ4n) is 1.54. The van der Waals surface area contributed by atoms with E-state index in [2.05, 4.69) is 47.7 Å². The molecular weight excluding hydrogens is 176 g/mol. The Morgan fingerprint density at radius 1 is 1.15 bits per heavy atom. The molecule has 2 nitrogen and oxygen atoms in total. The molecule has 0 amide bonds. The number of hydrogen-bond donors (Lipinski definition) is 2. The Labute approximate surface area is 82.2 Å². The van der Waals surface area contributed by atoms with Gasteiger partial charge >= 0.3 is 0 Å². The van der Waals surface area contributed by atoms with E-state index in [0.29, 0.717) is 5.54 Å². The Morgan fingerprint density at radius 3 is 2.31 bits per heavy atom. The first-order valence-electron chi connectivity index (χ1n) is 4.91. The van der Waals surface area contributed by atoms with Gasteiger partial charge in [0.05, 0.1) is 0 Å². The van der Waals surface area contributed by atoms with Crippen LogP contribution in [0.3, 0.4) is 0 Å². The van der Waals surface area contributed by atoms with E-state index in [1.807, 2.05) is 7.05 Å². The van der Waals surface area contributed by atoms with Crippen LogP contribution in [0.4, 0.5) is 0 Å². The maximum absolute atomic E-state index is 3.68. The highest BCUT2D eigenvalue weighted by Gasteiger charge is 2.28. The second-order valence-corrected chi connectivity index (χ2v) is 8.51. The van der Waals surface area contributed by atoms with E-state index in [1.54, 1.807) is 0 Å². The van der Waals surface area contributed by atoms with E-state index in [9.17, 15) is 0 Å². The monoisotopic (exact) mass is 196 g/mol. The van der Waals surface area contributed by atoms with Gasteiger partial charge in [-0.3, -0.25) is 0 Å². The van der Waals surface area contributed by atoms with Crippen LogP contribution >= 0.6 is 0 Å². The molecule has 0 fully saturated rings. The van der Waals surface area contributed by atoms with Gasteiger partial charge < -0.3 is 10.3 Å². The van der Waals surface area contributed by atoms with Crippen LogP contribution in [-0.2, 0) is 0 Å². The Bertz CT molecular complexity index is 197. The molecule has 0 unspecified atom stereocenters. The molecule has 0 saturated heterocycles. The molecule has 0 aromatic rings. The lowest BCUT2D eigenvalue weighted by Crippen LogP contribution is -2.49. The van der Waals surface area contributed by atoms with E-state index in [0.717, 1.165) is 13.1 Å². The fraction of sp³-hybridized carbons (Fsp3) is 0.600. The maximum Gasteiger partial charge on any atom is 0.130 e. The first-order chi connectivity index (χ1) is 6.17.